The molecule has 1 aromatic heterocycles. The summed E-state index contributed by atoms with van der Waals surface area (Å²) in [6, 6.07) is 7.87. The van der Waals surface area contributed by atoms with Crippen LogP contribution >= 0.6 is 0 Å². The summed E-state index contributed by atoms with van der Waals surface area (Å²) in [4.78, 5) is 4.31. The number of nitrogens with zero attached hydrogens (tertiary/aromatic N) is 2. The average Bonchev–Trinajstić information content (AvgIpc) is 2.84. The summed E-state index contributed by atoms with van der Waals surface area (Å²) in [5, 5.41) is 3.90. The van der Waals surface area contributed by atoms with Crippen LogP contribution in [0.15, 0.2) is 28.8 Å². The second-order valence-electron chi connectivity index (χ2n) is 4.48. The maximum Gasteiger partial charge on any atom is 0.231 e. The van der Waals surface area contributed by atoms with Crippen molar-refractivity contribution >= 4 is 0 Å². The van der Waals surface area contributed by atoms with E-state index in [0.29, 0.717) is 31.3 Å². The quantitative estimate of drug-likeness (QED) is 0.861. The molecule has 0 saturated carbocycles. The number of nitrogens with two attached hydrogens (primary N) is 1. The van der Waals surface area contributed by atoms with E-state index in [1.54, 1.807) is 0 Å². The van der Waals surface area contributed by atoms with Gasteiger partial charge in [0.15, 0.2) is 5.82 Å². The Labute approximate surface area is 112 Å². The highest BCUT2D eigenvalue weighted by Gasteiger charge is 2.14. The number of ether oxygens (including phenoxy) is 1. The molecule has 19 heavy (non-hydrogen) atoms. The van der Waals surface area contributed by atoms with Gasteiger partial charge in [-0.25, -0.2) is 0 Å². The molecular weight excluding hydrogens is 242 g/mol. The number of hydrogen-bond acceptors (Lipinski definition) is 5. The van der Waals surface area contributed by atoms with E-state index in [0.717, 1.165) is 5.56 Å². The Hall–Kier alpha value is -1.72. The molecule has 5 heteroatoms. The van der Waals surface area contributed by atoms with Crippen LogP contribution in [0.2, 0.25) is 0 Å². The van der Waals surface area contributed by atoms with Gasteiger partial charge in [0, 0.05) is 6.61 Å². The SMILES string of the molecule is CCOCC(N)c1noc(Cc2cccc(C)c2)n1. The molecule has 1 heterocycles. The van der Waals surface area contributed by atoms with Gasteiger partial charge in [0.25, 0.3) is 0 Å². The number of aryl methyl sites for hydroxylation is 1. The van der Waals surface area contributed by atoms with E-state index in [2.05, 4.69) is 29.2 Å². The fourth-order valence-electron chi connectivity index (χ4n) is 1.81. The van der Waals surface area contributed by atoms with Crippen LogP contribution < -0.4 is 5.73 Å². The third-order valence-electron chi connectivity index (χ3n) is 2.75. The van der Waals surface area contributed by atoms with Crippen LogP contribution in [-0.4, -0.2) is 23.4 Å². The van der Waals surface area contributed by atoms with E-state index in [-0.39, 0.29) is 6.04 Å². The van der Waals surface area contributed by atoms with Crippen LogP contribution in [0.1, 0.15) is 35.8 Å². The molecule has 0 saturated heterocycles. The van der Waals surface area contributed by atoms with Crippen LogP contribution in [0.3, 0.4) is 0 Å². The first kappa shape index (κ1) is 13.7. The maximum absolute atomic E-state index is 5.90. The second-order valence-corrected chi connectivity index (χ2v) is 4.48. The van der Waals surface area contributed by atoms with Crippen LogP contribution in [0.4, 0.5) is 0 Å². The van der Waals surface area contributed by atoms with Gasteiger partial charge in [-0.2, -0.15) is 4.98 Å². The summed E-state index contributed by atoms with van der Waals surface area (Å²) in [6.07, 6.45) is 0.621. The Morgan fingerprint density at radius 2 is 2.26 bits per heavy atom. The van der Waals surface area contributed by atoms with Crippen molar-refractivity contribution in [3.8, 4) is 0 Å². The summed E-state index contributed by atoms with van der Waals surface area (Å²) >= 11 is 0. The number of benzene rings is 1. The molecule has 0 spiro atoms. The molecule has 1 atom stereocenters. The maximum atomic E-state index is 5.90. The summed E-state index contributed by atoms with van der Waals surface area (Å²) < 4.78 is 10.5. The zero-order valence-corrected chi connectivity index (χ0v) is 11.3. The molecule has 2 aromatic rings. The highest BCUT2D eigenvalue weighted by Crippen LogP contribution is 2.12. The van der Waals surface area contributed by atoms with Gasteiger partial charge in [0.05, 0.1) is 19.1 Å². The summed E-state index contributed by atoms with van der Waals surface area (Å²) in [5.41, 5.74) is 8.26. The molecule has 102 valence electrons. The zero-order valence-electron chi connectivity index (χ0n) is 11.3. The van der Waals surface area contributed by atoms with E-state index in [1.165, 1.54) is 5.56 Å². The topological polar surface area (TPSA) is 74.2 Å². The second kappa shape index (κ2) is 6.45. The van der Waals surface area contributed by atoms with Gasteiger partial charge >= 0.3 is 0 Å². The summed E-state index contributed by atoms with van der Waals surface area (Å²) in [6.45, 7) is 5.01. The fourth-order valence-corrected chi connectivity index (χ4v) is 1.81. The van der Waals surface area contributed by atoms with E-state index in [9.17, 15) is 0 Å². The van der Waals surface area contributed by atoms with Crippen LogP contribution in [-0.2, 0) is 11.2 Å². The lowest BCUT2D eigenvalue weighted by Gasteiger charge is -2.05. The van der Waals surface area contributed by atoms with Crippen LogP contribution in [0.5, 0.6) is 0 Å². The first-order chi connectivity index (χ1) is 9.19. The molecule has 0 bridgehead atoms. The Morgan fingerprint density at radius 1 is 1.42 bits per heavy atom. The van der Waals surface area contributed by atoms with Crippen molar-refractivity contribution in [3.05, 3.63) is 47.1 Å². The Kier molecular flexibility index (Phi) is 4.65. The van der Waals surface area contributed by atoms with E-state index >= 15 is 0 Å². The van der Waals surface area contributed by atoms with Gasteiger partial charge in [-0.3, -0.25) is 0 Å². The lowest BCUT2D eigenvalue weighted by Crippen LogP contribution is -2.18. The highest BCUT2D eigenvalue weighted by molar-refractivity contribution is 5.24. The molecule has 0 aliphatic heterocycles. The Morgan fingerprint density at radius 3 is 3.00 bits per heavy atom. The minimum Gasteiger partial charge on any atom is -0.380 e. The van der Waals surface area contributed by atoms with Gasteiger partial charge in [-0.05, 0) is 19.4 Å². The minimum atomic E-state index is -0.338. The number of hydrogen-bond donors (Lipinski definition) is 1. The predicted octanol–water partition coefficient (Wildman–Crippen LogP) is 2.01. The molecule has 0 amide bonds. The number of aromatic nitrogens is 2. The molecular formula is C14H19N3O2. The van der Waals surface area contributed by atoms with E-state index < -0.39 is 0 Å². The summed E-state index contributed by atoms with van der Waals surface area (Å²) in [5.74, 6) is 1.07. The van der Waals surface area contributed by atoms with E-state index in [4.69, 9.17) is 15.0 Å². The van der Waals surface area contributed by atoms with Crippen molar-refractivity contribution in [2.45, 2.75) is 26.3 Å². The molecule has 1 aromatic carbocycles. The molecule has 2 N–H and O–H groups in total. The zero-order chi connectivity index (χ0) is 13.7. The van der Waals surface area contributed by atoms with Gasteiger partial charge in [-0.15, -0.1) is 0 Å². The molecule has 2 rings (SSSR count). The first-order valence-electron chi connectivity index (χ1n) is 6.40. The lowest BCUT2D eigenvalue weighted by molar-refractivity contribution is 0.130. The van der Waals surface area contributed by atoms with Gasteiger partial charge in [0.2, 0.25) is 5.89 Å². The molecule has 1 unspecified atom stereocenters. The summed E-state index contributed by atoms with van der Waals surface area (Å²) in [7, 11) is 0. The van der Waals surface area contributed by atoms with Crippen LogP contribution in [0, 0.1) is 6.92 Å². The van der Waals surface area contributed by atoms with Crippen LogP contribution in [0.25, 0.3) is 0 Å². The highest BCUT2D eigenvalue weighted by atomic mass is 16.5. The monoisotopic (exact) mass is 261 g/mol. The molecule has 5 nitrogen and oxygen atoms in total. The van der Waals surface area contributed by atoms with Crippen molar-refractivity contribution in [2.75, 3.05) is 13.2 Å². The van der Waals surface area contributed by atoms with E-state index in [1.807, 2.05) is 19.1 Å². The van der Waals surface area contributed by atoms with Gasteiger partial charge in [-0.1, -0.05) is 35.0 Å². The van der Waals surface area contributed by atoms with Gasteiger partial charge in [0.1, 0.15) is 0 Å². The standard InChI is InChI=1S/C14H19N3O2/c1-3-18-9-12(15)14-16-13(19-17-14)8-11-6-4-5-10(2)7-11/h4-7,12H,3,8-9,15H2,1-2H3. The molecule has 0 radical (unpaired) electrons. The van der Waals surface area contributed by atoms with Crippen molar-refractivity contribution in [2.24, 2.45) is 5.73 Å². The molecule has 0 aliphatic rings. The van der Waals surface area contributed by atoms with Crippen molar-refractivity contribution in [3.63, 3.8) is 0 Å². The largest absolute Gasteiger partial charge is 0.380 e. The third kappa shape index (κ3) is 3.87. The number of rotatable bonds is 6. The molecule has 0 fully saturated rings. The first-order valence-corrected chi connectivity index (χ1v) is 6.40. The normalized spacial score (nSPS) is 12.6. The predicted molar refractivity (Wildman–Crippen MR) is 71.7 cm³/mol. The van der Waals surface area contributed by atoms with Crippen molar-refractivity contribution in [1.82, 2.24) is 10.1 Å². The lowest BCUT2D eigenvalue weighted by atomic mass is 10.1. The fraction of sp³-hybridized carbons (Fsp3) is 0.429. The minimum absolute atomic E-state index is 0.338. The molecule has 0 aliphatic carbocycles. The average molecular weight is 261 g/mol. The Balaban J connectivity index is 2.01. The smallest absolute Gasteiger partial charge is 0.231 e. The van der Waals surface area contributed by atoms with Crippen molar-refractivity contribution in [1.29, 1.82) is 0 Å². The Bertz CT molecular complexity index is 525. The third-order valence-corrected chi connectivity index (χ3v) is 2.75. The van der Waals surface area contributed by atoms with Gasteiger partial charge < -0.3 is 15.0 Å². The van der Waals surface area contributed by atoms with Crippen molar-refractivity contribution < 1.29 is 9.26 Å².